The molecule has 2 rings (SSSR count). The van der Waals surface area contributed by atoms with Gasteiger partial charge in [-0.15, -0.1) is 0 Å². The molecule has 0 spiro atoms. The van der Waals surface area contributed by atoms with Gasteiger partial charge in [0.25, 0.3) is 0 Å². The maximum Gasteiger partial charge on any atom is 0.144 e. The monoisotopic (exact) mass is 238 g/mol. The van der Waals surface area contributed by atoms with Crippen LogP contribution in [0.4, 0.5) is 0 Å². The Kier molecular flexibility index (Phi) is 4.24. The van der Waals surface area contributed by atoms with Crippen molar-refractivity contribution in [3.05, 3.63) is 0 Å². The number of carbonyl (C=O) groups excluding carboxylic acids is 1. The summed E-state index contributed by atoms with van der Waals surface area (Å²) >= 11 is 0. The molecule has 0 N–H and O–H groups in total. The van der Waals surface area contributed by atoms with E-state index in [-0.39, 0.29) is 11.5 Å². The van der Waals surface area contributed by atoms with E-state index in [1.807, 2.05) is 0 Å². The third-order valence-electron chi connectivity index (χ3n) is 4.96. The molecule has 2 saturated carbocycles. The molecule has 0 bridgehead atoms. The fourth-order valence-electron chi connectivity index (χ4n) is 3.50. The minimum Gasteiger partial charge on any atom is -0.373 e. The topological polar surface area (TPSA) is 26.3 Å². The Balaban J connectivity index is 1.92. The maximum atomic E-state index is 11.9. The normalized spacial score (nSPS) is 29.8. The highest BCUT2D eigenvalue weighted by Gasteiger charge is 2.53. The lowest BCUT2D eigenvalue weighted by molar-refractivity contribution is -0.174. The molecule has 0 saturated heterocycles. The molecular weight excluding hydrogens is 212 g/mol. The lowest BCUT2D eigenvalue weighted by Crippen LogP contribution is -2.55. The first kappa shape index (κ1) is 13.1. The second-order valence-electron chi connectivity index (χ2n) is 5.73. The van der Waals surface area contributed by atoms with Gasteiger partial charge in [0.05, 0.1) is 17.6 Å². The third kappa shape index (κ3) is 2.42. The first-order valence-corrected chi connectivity index (χ1v) is 7.41. The molecule has 0 aromatic rings. The van der Waals surface area contributed by atoms with Crippen LogP contribution in [0.3, 0.4) is 0 Å². The Labute approximate surface area is 105 Å². The molecule has 2 nitrogen and oxygen atoms in total. The summed E-state index contributed by atoms with van der Waals surface area (Å²) in [5, 5.41) is 0. The first-order chi connectivity index (χ1) is 8.23. The highest BCUT2D eigenvalue weighted by molar-refractivity contribution is 5.92. The maximum absolute atomic E-state index is 11.9. The molecule has 2 heteroatoms. The van der Waals surface area contributed by atoms with E-state index in [2.05, 4.69) is 13.8 Å². The van der Waals surface area contributed by atoms with Crippen molar-refractivity contribution in [3.63, 3.8) is 0 Å². The quantitative estimate of drug-likeness (QED) is 0.695. The van der Waals surface area contributed by atoms with Crippen LogP contribution in [0, 0.1) is 5.41 Å². The number of ketones is 1. The molecule has 0 aromatic heterocycles. The summed E-state index contributed by atoms with van der Waals surface area (Å²) in [7, 11) is 0. The minimum atomic E-state index is -0.133. The lowest BCUT2D eigenvalue weighted by Gasteiger charge is -2.47. The molecule has 2 aliphatic carbocycles. The van der Waals surface area contributed by atoms with E-state index < -0.39 is 0 Å². The molecule has 0 aromatic carbocycles. The van der Waals surface area contributed by atoms with E-state index in [1.165, 1.54) is 38.5 Å². The van der Waals surface area contributed by atoms with Crippen LogP contribution in [0.2, 0.25) is 0 Å². The molecular formula is C15H26O2. The van der Waals surface area contributed by atoms with Crippen molar-refractivity contribution in [1.82, 2.24) is 0 Å². The fraction of sp³-hybridized carbons (Fsp3) is 0.933. The molecule has 0 heterocycles. The SMILES string of the molecule is CCC1(CC)C(=O)CC1OC1CCCCCC1. The average Bonchev–Trinajstić information content (AvgIpc) is 2.59. The van der Waals surface area contributed by atoms with Crippen molar-refractivity contribution >= 4 is 5.78 Å². The van der Waals surface area contributed by atoms with Crippen LogP contribution in [0.15, 0.2) is 0 Å². The van der Waals surface area contributed by atoms with Gasteiger partial charge in [-0.1, -0.05) is 39.5 Å². The van der Waals surface area contributed by atoms with E-state index in [0.29, 0.717) is 18.3 Å². The van der Waals surface area contributed by atoms with Crippen LogP contribution in [-0.2, 0) is 9.53 Å². The summed E-state index contributed by atoms with van der Waals surface area (Å²) in [6.45, 7) is 4.26. The van der Waals surface area contributed by atoms with E-state index in [9.17, 15) is 4.79 Å². The number of hydrogen-bond acceptors (Lipinski definition) is 2. The molecule has 0 aliphatic heterocycles. The second-order valence-corrected chi connectivity index (χ2v) is 5.73. The number of rotatable bonds is 4. The average molecular weight is 238 g/mol. The molecule has 0 radical (unpaired) electrons. The standard InChI is InChI=1S/C15H26O2/c1-3-15(4-2)13(16)11-14(15)17-12-9-7-5-6-8-10-12/h12,14H,3-11H2,1-2H3. The van der Waals surface area contributed by atoms with Gasteiger partial charge in [0.15, 0.2) is 0 Å². The molecule has 2 aliphatic rings. The van der Waals surface area contributed by atoms with Crippen LogP contribution < -0.4 is 0 Å². The van der Waals surface area contributed by atoms with Gasteiger partial charge in [0.1, 0.15) is 5.78 Å². The Hall–Kier alpha value is -0.370. The summed E-state index contributed by atoms with van der Waals surface area (Å²) in [5.74, 6) is 0.432. The molecule has 1 unspecified atom stereocenters. The van der Waals surface area contributed by atoms with Gasteiger partial charge < -0.3 is 4.74 Å². The van der Waals surface area contributed by atoms with Crippen molar-refractivity contribution in [2.45, 2.75) is 83.8 Å². The summed E-state index contributed by atoms with van der Waals surface area (Å²) in [6, 6.07) is 0. The van der Waals surface area contributed by atoms with Crippen molar-refractivity contribution < 1.29 is 9.53 Å². The smallest absolute Gasteiger partial charge is 0.144 e. The van der Waals surface area contributed by atoms with E-state index in [4.69, 9.17) is 4.74 Å². The first-order valence-electron chi connectivity index (χ1n) is 7.41. The van der Waals surface area contributed by atoms with Crippen molar-refractivity contribution in [2.75, 3.05) is 0 Å². The van der Waals surface area contributed by atoms with Crippen molar-refractivity contribution in [1.29, 1.82) is 0 Å². The van der Waals surface area contributed by atoms with Crippen molar-refractivity contribution in [3.8, 4) is 0 Å². The molecule has 0 amide bonds. The predicted octanol–water partition coefficient (Wildman–Crippen LogP) is 3.87. The van der Waals surface area contributed by atoms with Crippen LogP contribution >= 0.6 is 0 Å². The van der Waals surface area contributed by atoms with Crippen LogP contribution in [-0.4, -0.2) is 18.0 Å². The molecule has 17 heavy (non-hydrogen) atoms. The Morgan fingerprint density at radius 3 is 2.18 bits per heavy atom. The number of carbonyl (C=O) groups is 1. The van der Waals surface area contributed by atoms with Crippen molar-refractivity contribution in [2.24, 2.45) is 5.41 Å². The third-order valence-corrected chi connectivity index (χ3v) is 4.96. The van der Waals surface area contributed by atoms with Gasteiger partial charge in [-0.3, -0.25) is 4.79 Å². The molecule has 2 fully saturated rings. The molecule has 98 valence electrons. The van der Waals surface area contributed by atoms with Gasteiger partial charge in [-0.25, -0.2) is 0 Å². The van der Waals surface area contributed by atoms with E-state index in [0.717, 1.165) is 12.8 Å². The Morgan fingerprint density at radius 2 is 1.71 bits per heavy atom. The summed E-state index contributed by atoms with van der Waals surface area (Å²) < 4.78 is 6.25. The van der Waals surface area contributed by atoms with E-state index in [1.54, 1.807) is 0 Å². The van der Waals surface area contributed by atoms with Gasteiger partial charge in [0, 0.05) is 6.42 Å². The number of hydrogen-bond donors (Lipinski definition) is 0. The van der Waals surface area contributed by atoms with Gasteiger partial charge in [-0.05, 0) is 25.7 Å². The van der Waals surface area contributed by atoms with Crippen LogP contribution in [0.1, 0.15) is 71.6 Å². The minimum absolute atomic E-state index is 0.133. The van der Waals surface area contributed by atoms with E-state index >= 15 is 0 Å². The summed E-state index contributed by atoms with van der Waals surface area (Å²) in [4.78, 5) is 11.9. The zero-order chi connectivity index (χ0) is 12.3. The number of ether oxygens (including phenoxy) is 1. The van der Waals surface area contributed by atoms with Crippen LogP contribution in [0.25, 0.3) is 0 Å². The lowest BCUT2D eigenvalue weighted by atomic mass is 9.61. The molecule has 1 atom stereocenters. The largest absolute Gasteiger partial charge is 0.373 e. The zero-order valence-corrected chi connectivity index (χ0v) is 11.3. The highest BCUT2D eigenvalue weighted by Crippen LogP contribution is 2.46. The fourth-order valence-corrected chi connectivity index (χ4v) is 3.50. The summed E-state index contributed by atoms with van der Waals surface area (Å²) in [6.07, 6.45) is 10.9. The van der Waals surface area contributed by atoms with Gasteiger partial charge >= 0.3 is 0 Å². The highest BCUT2D eigenvalue weighted by atomic mass is 16.5. The Morgan fingerprint density at radius 1 is 1.12 bits per heavy atom. The predicted molar refractivity (Wildman–Crippen MR) is 69.0 cm³/mol. The Bertz CT molecular complexity index is 260. The van der Waals surface area contributed by atoms with Gasteiger partial charge in [-0.2, -0.15) is 0 Å². The zero-order valence-electron chi connectivity index (χ0n) is 11.3. The summed E-state index contributed by atoms with van der Waals surface area (Å²) in [5.41, 5.74) is -0.133. The van der Waals surface area contributed by atoms with Gasteiger partial charge in [0.2, 0.25) is 0 Å². The number of Topliss-reactive ketones (excluding diaryl/α,β-unsaturated/α-hetero) is 1. The second kappa shape index (κ2) is 5.51. The van der Waals surface area contributed by atoms with Crippen LogP contribution in [0.5, 0.6) is 0 Å².